The van der Waals surface area contributed by atoms with Crippen LogP contribution in [0.2, 0.25) is 0 Å². The molecule has 1 heterocycles. The van der Waals surface area contributed by atoms with Gasteiger partial charge in [-0.1, -0.05) is 6.92 Å². The number of hydrogen-bond acceptors (Lipinski definition) is 4. The van der Waals surface area contributed by atoms with Crippen LogP contribution >= 0.6 is 0 Å². The van der Waals surface area contributed by atoms with E-state index in [1.807, 2.05) is 6.92 Å². The fourth-order valence-electron chi connectivity index (χ4n) is 2.20. The first-order chi connectivity index (χ1) is 8.26. The third-order valence-electron chi connectivity index (χ3n) is 3.20. The number of hydrogen-bond donors (Lipinski definition) is 1. The predicted molar refractivity (Wildman–Crippen MR) is 68.8 cm³/mol. The number of likely N-dealkylation sites (N-methyl/N-ethyl adjacent to an activating group) is 1. The van der Waals surface area contributed by atoms with Gasteiger partial charge >= 0.3 is 0 Å². The van der Waals surface area contributed by atoms with Crippen molar-refractivity contribution in [2.45, 2.75) is 44.8 Å². The summed E-state index contributed by atoms with van der Waals surface area (Å²) < 4.78 is 5.71. The molecule has 1 rings (SSSR count). The topological polar surface area (TPSA) is 48.3 Å². The Labute approximate surface area is 105 Å². The highest BCUT2D eigenvalue weighted by atomic mass is 16.5. The van der Waals surface area contributed by atoms with Crippen molar-refractivity contribution in [3.05, 3.63) is 0 Å². The molecule has 2 unspecified atom stereocenters. The molecule has 17 heavy (non-hydrogen) atoms. The lowest BCUT2D eigenvalue weighted by molar-refractivity contribution is -0.00169. The molecular weight excluding hydrogens is 214 g/mol. The van der Waals surface area contributed by atoms with Crippen LogP contribution in [0, 0.1) is 11.3 Å². The van der Waals surface area contributed by atoms with Crippen LogP contribution < -0.4 is 5.32 Å². The maximum Gasteiger partial charge on any atom is 0.0965 e. The van der Waals surface area contributed by atoms with E-state index in [4.69, 9.17) is 10.00 Å². The number of nitrogens with zero attached hydrogens (tertiary/aromatic N) is 2. The van der Waals surface area contributed by atoms with Gasteiger partial charge in [0.2, 0.25) is 0 Å². The number of nitriles is 1. The molecule has 2 atom stereocenters. The SMILES string of the molecule is CCNC(C#N)CCN(C)CC1CCCCO1. The lowest BCUT2D eigenvalue weighted by Gasteiger charge is -2.27. The molecule has 0 aromatic rings. The van der Waals surface area contributed by atoms with Crippen LogP contribution in [0.1, 0.15) is 32.6 Å². The molecule has 0 radical (unpaired) electrons. The van der Waals surface area contributed by atoms with Gasteiger partial charge in [-0.25, -0.2) is 0 Å². The molecule has 4 nitrogen and oxygen atoms in total. The van der Waals surface area contributed by atoms with Crippen molar-refractivity contribution in [3.63, 3.8) is 0 Å². The van der Waals surface area contributed by atoms with E-state index in [1.54, 1.807) is 0 Å². The van der Waals surface area contributed by atoms with Crippen molar-refractivity contribution in [1.82, 2.24) is 10.2 Å². The lowest BCUT2D eigenvalue weighted by atomic mass is 10.1. The predicted octanol–water partition coefficient (Wildman–Crippen LogP) is 1.38. The molecule has 0 amide bonds. The van der Waals surface area contributed by atoms with E-state index in [9.17, 15) is 0 Å². The summed E-state index contributed by atoms with van der Waals surface area (Å²) in [6.07, 6.45) is 4.95. The summed E-state index contributed by atoms with van der Waals surface area (Å²) in [7, 11) is 2.11. The smallest absolute Gasteiger partial charge is 0.0965 e. The standard InChI is InChI=1S/C13H25N3O/c1-3-15-12(10-14)7-8-16(2)11-13-6-4-5-9-17-13/h12-13,15H,3-9,11H2,1-2H3. The summed E-state index contributed by atoms with van der Waals surface area (Å²) in [5, 5.41) is 12.1. The minimum absolute atomic E-state index is 0.0188. The first-order valence-electron chi connectivity index (χ1n) is 6.69. The first-order valence-corrected chi connectivity index (χ1v) is 6.69. The Kier molecular flexibility index (Phi) is 7.18. The van der Waals surface area contributed by atoms with Gasteiger partial charge in [-0.2, -0.15) is 5.26 Å². The van der Waals surface area contributed by atoms with Crippen LogP contribution in [0.5, 0.6) is 0 Å². The van der Waals surface area contributed by atoms with Crippen molar-refractivity contribution in [2.75, 3.05) is 33.3 Å². The van der Waals surface area contributed by atoms with E-state index in [0.717, 1.165) is 32.7 Å². The van der Waals surface area contributed by atoms with E-state index in [0.29, 0.717) is 6.10 Å². The van der Waals surface area contributed by atoms with Crippen LogP contribution in [-0.2, 0) is 4.74 Å². The fraction of sp³-hybridized carbons (Fsp3) is 0.923. The highest BCUT2D eigenvalue weighted by Crippen LogP contribution is 2.13. The zero-order valence-corrected chi connectivity index (χ0v) is 11.1. The quantitative estimate of drug-likeness (QED) is 0.729. The van der Waals surface area contributed by atoms with Crippen LogP contribution in [-0.4, -0.2) is 50.3 Å². The van der Waals surface area contributed by atoms with E-state index < -0.39 is 0 Å². The zero-order chi connectivity index (χ0) is 12.5. The monoisotopic (exact) mass is 239 g/mol. The molecule has 0 spiro atoms. The highest BCUT2D eigenvalue weighted by molar-refractivity contribution is 4.89. The van der Waals surface area contributed by atoms with Gasteiger partial charge in [0.05, 0.1) is 18.2 Å². The lowest BCUT2D eigenvalue weighted by Crippen LogP contribution is -2.37. The number of ether oxygens (including phenoxy) is 1. The van der Waals surface area contributed by atoms with Crippen molar-refractivity contribution in [1.29, 1.82) is 5.26 Å². The average Bonchev–Trinajstić information content (AvgIpc) is 2.35. The van der Waals surface area contributed by atoms with Crippen LogP contribution in [0.15, 0.2) is 0 Å². The normalized spacial score (nSPS) is 22.4. The zero-order valence-electron chi connectivity index (χ0n) is 11.1. The molecule has 1 N–H and O–H groups in total. The summed E-state index contributed by atoms with van der Waals surface area (Å²) in [5.41, 5.74) is 0. The largest absolute Gasteiger partial charge is 0.377 e. The molecule has 0 aliphatic carbocycles. The van der Waals surface area contributed by atoms with E-state index in [-0.39, 0.29) is 6.04 Å². The van der Waals surface area contributed by atoms with Gasteiger partial charge in [-0.3, -0.25) is 0 Å². The van der Waals surface area contributed by atoms with Crippen molar-refractivity contribution < 1.29 is 4.74 Å². The molecular formula is C13H25N3O. The van der Waals surface area contributed by atoms with Crippen molar-refractivity contribution in [3.8, 4) is 6.07 Å². The first kappa shape index (κ1) is 14.4. The number of rotatable bonds is 7. The highest BCUT2D eigenvalue weighted by Gasteiger charge is 2.16. The molecule has 1 aliphatic heterocycles. The summed E-state index contributed by atoms with van der Waals surface area (Å²) in [6, 6.07) is 2.27. The van der Waals surface area contributed by atoms with Gasteiger partial charge in [0, 0.05) is 19.7 Å². The Morgan fingerprint density at radius 2 is 2.35 bits per heavy atom. The molecule has 0 aromatic heterocycles. The van der Waals surface area contributed by atoms with Gasteiger partial charge in [-0.05, 0) is 39.3 Å². The van der Waals surface area contributed by atoms with E-state index in [2.05, 4.69) is 23.3 Å². The molecule has 0 aromatic carbocycles. The Morgan fingerprint density at radius 3 is 2.94 bits per heavy atom. The number of nitrogens with one attached hydrogen (secondary N) is 1. The second-order valence-electron chi connectivity index (χ2n) is 4.78. The maximum atomic E-state index is 8.94. The molecule has 1 fully saturated rings. The van der Waals surface area contributed by atoms with Crippen molar-refractivity contribution in [2.24, 2.45) is 0 Å². The van der Waals surface area contributed by atoms with Gasteiger partial charge in [0.25, 0.3) is 0 Å². The molecule has 1 saturated heterocycles. The van der Waals surface area contributed by atoms with Crippen LogP contribution in [0.3, 0.4) is 0 Å². The Balaban J connectivity index is 2.15. The van der Waals surface area contributed by atoms with Crippen LogP contribution in [0.4, 0.5) is 0 Å². The third kappa shape index (κ3) is 6.02. The molecule has 1 aliphatic rings. The van der Waals surface area contributed by atoms with E-state index in [1.165, 1.54) is 19.3 Å². The second kappa shape index (κ2) is 8.46. The third-order valence-corrected chi connectivity index (χ3v) is 3.20. The minimum atomic E-state index is -0.0188. The fourth-order valence-corrected chi connectivity index (χ4v) is 2.20. The maximum absolute atomic E-state index is 8.94. The van der Waals surface area contributed by atoms with Crippen LogP contribution in [0.25, 0.3) is 0 Å². The Bertz CT molecular complexity index is 233. The molecule has 0 bridgehead atoms. The minimum Gasteiger partial charge on any atom is -0.377 e. The van der Waals surface area contributed by atoms with Gasteiger partial charge in [0.15, 0.2) is 0 Å². The van der Waals surface area contributed by atoms with Gasteiger partial charge < -0.3 is 15.0 Å². The second-order valence-corrected chi connectivity index (χ2v) is 4.78. The average molecular weight is 239 g/mol. The molecule has 4 heteroatoms. The summed E-state index contributed by atoms with van der Waals surface area (Å²) in [5.74, 6) is 0. The summed E-state index contributed by atoms with van der Waals surface area (Å²) >= 11 is 0. The van der Waals surface area contributed by atoms with Gasteiger partial charge in [-0.15, -0.1) is 0 Å². The van der Waals surface area contributed by atoms with E-state index >= 15 is 0 Å². The molecule has 0 saturated carbocycles. The summed E-state index contributed by atoms with van der Waals surface area (Å²) in [4.78, 5) is 2.28. The molecule has 98 valence electrons. The van der Waals surface area contributed by atoms with Crippen molar-refractivity contribution >= 4 is 0 Å². The summed E-state index contributed by atoms with van der Waals surface area (Å²) in [6.45, 7) is 5.74. The Morgan fingerprint density at radius 1 is 1.53 bits per heavy atom. The Hall–Kier alpha value is -0.630. The van der Waals surface area contributed by atoms with Gasteiger partial charge in [0.1, 0.15) is 0 Å².